The van der Waals surface area contributed by atoms with E-state index in [9.17, 15) is 19.5 Å². The van der Waals surface area contributed by atoms with Crippen LogP contribution in [0.5, 0.6) is 5.75 Å². The highest BCUT2D eigenvalue weighted by atomic mass is 16.5. The third kappa shape index (κ3) is 4.21. The largest absolute Gasteiger partial charge is 0.497 e. The number of amides is 2. The number of ether oxygens (including phenoxy) is 1. The molecule has 0 spiro atoms. The summed E-state index contributed by atoms with van der Waals surface area (Å²) in [5.41, 5.74) is 7.26. The van der Waals surface area contributed by atoms with E-state index < -0.39 is 29.7 Å². The SMILES string of the molecule is COc1ccc([C@@H](C)CC(=O)N2C(=O)[C@H](Cc3ccnc(N)c3)[C@H]2C(=O)O)cc1. The molecule has 1 aromatic heterocycles. The van der Waals surface area contributed by atoms with E-state index in [1.54, 1.807) is 31.4 Å². The van der Waals surface area contributed by atoms with Gasteiger partial charge in [0.15, 0.2) is 0 Å². The molecule has 1 aromatic carbocycles. The number of likely N-dealkylation sites (tertiary alicyclic amines) is 1. The minimum Gasteiger partial charge on any atom is -0.497 e. The topological polar surface area (TPSA) is 123 Å². The Morgan fingerprint density at radius 3 is 2.55 bits per heavy atom. The van der Waals surface area contributed by atoms with Gasteiger partial charge in [0.2, 0.25) is 11.8 Å². The van der Waals surface area contributed by atoms with Crippen LogP contribution in [0.25, 0.3) is 0 Å². The number of carbonyl (C=O) groups is 3. The number of imide groups is 1. The number of pyridine rings is 1. The van der Waals surface area contributed by atoms with Crippen LogP contribution in [-0.2, 0) is 20.8 Å². The van der Waals surface area contributed by atoms with Gasteiger partial charge in [-0.1, -0.05) is 19.1 Å². The fraction of sp³-hybridized carbons (Fsp3) is 0.333. The summed E-state index contributed by atoms with van der Waals surface area (Å²) in [7, 11) is 1.57. The fourth-order valence-corrected chi connectivity index (χ4v) is 3.59. The smallest absolute Gasteiger partial charge is 0.327 e. The fourth-order valence-electron chi connectivity index (χ4n) is 3.59. The minimum absolute atomic E-state index is 0.0385. The van der Waals surface area contributed by atoms with E-state index in [1.807, 2.05) is 19.1 Å². The summed E-state index contributed by atoms with van der Waals surface area (Å²) in [5.74, 6) is -2.12. The maximum Gasteiger partial charge on any atom is 0.327 e. The van der Waals surface area contributed by atoms with Crippen molar-refractivity contribution in [3.05, 3.63) is 53.7 Å². The van der Waals surface area contributed by atoms with Crippen molar-refractivity contribution < 1.29 is 24.2 Å². The third-order valence-electron chi connectivity index (χ3n) is 5.20. The average molecular weight is 397 g/mol. The van der Waals surface area contributed by atoms with Gasteiger partial charge in [-0.25, -0.2) is 9.78 Å². The van der Waals surface area contributed by atoms with Crippen LogP contribution in [0.4, 0.5) is 5.82 Å². The van der Waals surface area contributed by atoms with Crippen molar-refractivity contribution in [2.45, 2.75) is 31.7 Å². The van der Waals surface area contributed by atoms with Crippen molar-refractivity contribution in [1.82, 2.24) is 9.88 Å². The highest BCUT2D eigenvalue weighted by molar-refractivity contribution is 6.08. The van der Waals surface area contributed by atoms with Crippen molar-refractivity contribution in [3.8, 4) is 5.75 Å². The standard InChI is InChI=1S/C21H23N3O5/c1-12(14-3-5-15(29-2)6-4-14)9-18(25)24-19(21(27)28)16(20(24)26)10-13-7-8-23-17(22)11-13/h3-8,11-12,16,19H,9-10H2,1-2H3,(H2,22,23)(H,27,28)/t12-,16+,19-/m0/s1. The number of β-lactam (4-membered cyclic amide) rings is 1. The van der Waals surface area contributed by atoms with Crippen LogP contribution in [0.2, 0.25) is 0 Å². The monoisotopic (exact) mass is 397 g/mol. The van der Waals surface area contributed by atoms with Crippen LogP contribution in [0, 0.1) is 5.92 Å². The summed E-state index contributed by atoms with van der Waals surface area (Å²) >= 11 is 0. The van der Waals surface area contributed by atoms with E-state index in [2.05, 4.69) is 4.98 Å². The Hall–Kier alpha value is -3.42. The molecule has 8 heteroatoms. The molecule has 2 heterocycles. The highest BCUT2D eigenvalue weighted by Gasteiger charge is 2.54. The van der Waals surface area contributed by atoms with Gasteiger partial charge in [-0.05, 0) is 47.7 Å². The van der Waals surface area contributed by atoms with Crippen molar-refractivity contribution >= 4 is 23.6 Å². The van der Waals surface area contributed by atoms with E-state index in [0.717, 1.165) is 10.5 Å². The number of hydrogen-bond donors (Lipinski definition) is 2. The Kier molecular flexibility index (Phi) is 5.81. The van der Waals surface area contributed by atoms with Gasteiger partial charge in [0.25, 0.3) is 0 Å². The van der Waals surface area contributed by atoms with Gasteiger partial charge >= 0.3 is 5.97 Å². The molecule has 152 valence electrons. The zero-order chi connectivity index (χ0) is 21.1. The number of hydrogen-bond acceptors (Lipinski definition) is 6. The molecular weight excluding hydrogens is 374 g/mol. The molecule has 1 saturated heterocycles. The lowest BCUT2D eigenvalue weighted by molar-refractivity contribution is -0.177. The number of aliphatic carboxylic acids is 1. The van der Waals surface area contributed by atoms with Crippen LogP contribution < -0.4 is 10.5 Å². The van der Waals surface area contributed by atoms with Crippen LogP contribution in [0.1, 0.15) is 30.4 Å². The maximum absolute atomic E-state index is 12.7. The number of carbonyl (C=O) groups excluding carboxylic acids is 2. The summed E-state index contributed by atoms with van der Waals surface area (Å²) in [5, 5.41) is 9.59. The van der Waals surface area contributed by atoms with E-state index in [4.69, 9.17) is 10.5 Å². The second-order valence-electron chi connectivity index (χ2n) is 7.16. The number of nitrogens with zero attached hydrogens (tertiary/aromatic N) is 2. The lowest BCUT2D eigenvalue weighted by Crippen LogP contribution is -2.66. The first-order chi connectivity index (χ1) is 13.8. The van der Waals surface area contributed by atoms with Gasteiger partial charge in [-0.15, -0.1) is 0 Å². The Labute approximate surface area is 168 Å². The lowest BCUT2D eigenvalue weighted by Gasteiger charge is -2.43. The quantitative estimate of drug-likeness (QED) is 0.684. The summed E-state index contributed by atoms with van der Waals surface area (Å²) in [6.07, 6.45) is 1.74. The van der Waals surface area contributed by atoms with Crippen LogP contribution >= 0.6 is 0 Å². The average Bonchev–Trinajstić information content (AvgIpc) is 2.69. The van der Waals surface area contributed by atoms with Crippen LogP contribution in [-0.4, -0.2) is 45.9 Å². The molecule has 0 bridgehead atoms. The van der Waals surface area contributed by atoms with Crippen molar-refractivity contribution in [2.24, 2.45) is 5.92 Å². The van der Waals surface area contributed by atoms with Gasteiger partial charge in [0.05, 0.1) is 13.0 Å². The number of methoxy groups -OCH3 is 1. The number of anilines is 1. The first-order valence-corrected chi connectivity index (χ1v) is 9.25. The molecule has 0 aliphatic carbocycles. The Morgan fingerprint density at radius 2 is 1.97 bits per heavy atom. The number of carboxylic acids is 1. The molecule has 3 rings (SSSR count). The van der Waals surface area contributed by atoms with Gasteiger partial charge in [-0.3, -0.25) is 14.5 Å². The van der Waals surface area contributed by atoms with E-state index >= 15 is 0 Å². The van der Waals surface area contributed by atoms with Crippen molar-refractivity contribution in [2.75, 3.05) is 12.8 Å². The molecule has 2 amide bonds. The normalized spacial score (nSPS) is 19.4. The number of nitrogen functional groups attached to an aromatic ring is 1. The molecular formula is C21H23N3O5. The molecule has 0 radical (unpaired) electrons. The Bertz CT molecular complexity index is 928. The molecule has 8 nitrogen and oxygen atoms in total. The first-order valence-electron chi connectivity index (χ1n) is 9.25. The number of rotatable bonds is 7. The predicted octanol–water partition coefficient (Wildman–Crippen LogP) is 1.85. The summed E-state index contributed by atoms with van der Waals surface area (Å²) in [4.78, 5) is 41.8. The Balaban J connectivity index is 1.69. The molecule has 0 unspecified atom stereocenters. The molecule has 3 atom stereocenters. The number of benzene rings is 1. The minimum atomic E-state index is -1.19. The highest BCUT2D eigenvalue weighted by Crippen LogP contribution is 2.33. The van der Waals surface area contributed by atoms with Crippen molar-refractivity contribution in [1.29, 1.82) is 0 Å². The zero-order valence-corrected chi connectivity index (χ0v) is 16.2. The van der Waals surface area contributed by atoms with Gasteiger partial charge in [0.1, 0.15) is 17.6 Å². The number of aromatic nitrogens is 1. The van der Waals surface area contributed by atoms with Crippen molar-refractivity contribution in [3.63, 3.8) is 0 Å². The number of nitrogens with two attached hydrogens (primary N) is 1. The lowest BCUT2D eigenvalue weighted by atomic mass is 9.81. The van der Waals surface area contributed by atoms with E-state index in [-0.39, 0.29) is 18.8 Å². The van der Waals surface area contributed by atoms with Crippen LogP contribution in [0.3, 0.4) is 0 Å². The van der Waals surface area contributed by atoms with E-state index in [0.29, 0.717) is 17.1 Å². The molecule has 0 saturated carbocycles. The van der Waals surface area contributed by atoms with Crippen LogP contribution in [0.15, 0.2) is 42.6 Å². The summed E-state index contributed by atoms with van der Waals surface area (Å²) in [6, 6.07) is 9.39. The number of carboxylic acid groups (broad SMARTS) is 1. The van der Waals surface area contributed by atoms with Gasteiger partial charge < -0.3 is 15.6 Å². The summed E-state index contributed by atoms with van der Waals surface area (Å²) < 4.78 is 5.12. The molecule has 3 N–H and O–H groups in total. The molecule has 1 fully saturated rings. The molecule has 29 heavy (non-hydrogen) atoms. The molecule has 1 aliphatic heterocycles. The molecule has 1 aliphatic rings. The van der Waals surface area contributed by atoms with Gasteiger partial charge in [-0.2, -0.15) is 0 Å². The third-order valence-corrected chi connectivity index (χ3v) is 5.20. The molecule has 2 aromatic rings. The predicted molar refractivity (Wildman–Crippen MR) is 105 cm³/mol. The Morgan fingerprint density at radius 1 is 1.28 bits per heavy atom. The maximum atomic E-state index is 12.7. The zero-order valence-electron chi connectivity index (χ0n) is 16.2. The second-order valence-corrected chi connectivity index (χ2v) is 7.16. The van der Waals surface area contributed by atoms with E-state index in [1.165, 1.54) is 6.20 Å². The first kappa shape index (κ1) is 20.3. The second kappa shape index (κ2) is 8.30. The van der Waals surface area contributed by atoms with Gasteiger partial charge in [0, 0.05) is 12.6 Å². The summed E-state index contributed by atoms with van der Waals surface area (Å²) in [6.45, 7) is 1.86.